The van der Waals surface area contributed by atoms with Crippen molar-refractivity contribution in [3.63, 3.8) is 0 Å². The first-order valence-corrected chi connectivity index (χ1v) is 6.12. The van der Waals surface area contributed by atoms with E-state index in [0.29, 0.717) is 12.5 Å². The molecule has 0 spiro atoms. The Morgan fingerprint density at radius 3 is 2.47 bits per heavy atom. The Kier molecular flexibility index (Phi) is 4.27. The number of rotatable bonds is 2. The summed E-state index contributed by atoms with van der Waals surface area (Å²) in [5.74, 6) is 0.683. The van der Waals surface area contributed by atoms with E-state index in [9.17, 15) is 5.21 Å². The summed E-state index contributed by atoms with van der Waals surface area (Å²) in [6, 6.07) is 14.4. The van der Waals surface area contributed by atoms with Crippen LogP contribution >= 0.6 is 0 Å². The van der Waals surface area contributed by atoms with E-state index in [1.54, 1.807) is 0 Å². The summed E-state index contributed by atoms with van der Waals surface area (Å²) in [5.41, 5.74) is 1.11. The molecule has 1 saturated heterocycles. The fourth-order valence-electron chi connectivity index (χ4n) is 2.28. The Bertz CT molecular complexity index is 599. The average molecular weight is 322 g/mol. The summed E-state index contributed by atoms with van der Waals surface area (Å²) in [4.78, 5) is 0. The second kappa shape index (κ2) is 5.93. The van der Waals surface area contributed by atoms with Gasteiger partial charge in [0, 0.05) is 0 Å². The highest BCUT2D eigenvalue weighted by Gasteiger charge is 2.18. The minimum atomic E-state index is 0. The molecule has 0 unspecified atom stereocenters. The molecule has 2 aromatic rings. The van der Waals surface area contributed by atoms with Gasteiger partial charge < -0.3 is 22.2 Å². The van der Waals surface area contributed by atoms with Crippen LogP contribution in [0.1, 0.15) is 5.56 Å². The molecule has 5 heteroatoms. The zero-order valence-electron chi connectivity index (χ0n) is 10.4. The maximum atomic E-state index is 10.0. The number of nitrogens with zero attached hydrogens (tertiary/aromatic N) is 1. The van der Waals surface area contributed by atoms with Crippen LogP contribution in [0.25, 0.3) is 10.8 Å². The zero-order valence-corrected chi connectivity index (χ0v) is 12.0. The summed E-state index contributed by atoms with van der Waals surface area (Å²) < 4.78 is 1.23. The van der Waals surface area contributed by atoms with Gasteiger partial charge in [0.05, 0.1) is 13.1 Å². The largest absolute Gasteiger partial charge is 1.00 e. The highest BCUT2D eigenvalue weighted by molar-refractivity contribution is 5.85. The summed E-state index contributed by atoms with van der Waals surface area (Å²) >= 11 is 0. The van der Waals surface area contributed by atoms with Gasteiger partial charge in [-0.15, -0.1) is 0 Å². The lowest BCUT2D eigenvalue weighted by atomic mass is 10.0. The summed E-state index contributed by atoms with van der Waals surface area (Å²) in [6.07, 6.45) is 0. The Balaban J connectivity index is 0.00000133. The molecular formula is C14H16BrN3O. The maximum Gasteiger partial charge on any atom is 0.382 e. The van der Waals surface area contributed by atoms with Gasteiger partial charge in [0.15, 0.2) is 0 Å². The van der Waals surface area contributed by atoms with Gasteiger partial charge >= 0.3 is 5.96 Å². The molecule has 3 rings (SSSR count). The van der Waals surface area contributed by atoms with E-state index in [4.69, 9.17) is 0 Å². The number of benzene rings is 2. The van der Waals surface area contributed by atoms with Crippen LogP contribution in [0.5, 0.6) is 0 Å². The molecule has 1 aliphatic heterocycles. The monoisotopic (exact) mass is 321 g/mol. The Labute approximate surface area is 122 Å². The number of fused-ring (bicyclic) bond motifs is 1. The van der Waals surface area contributed by atoms with Crippen molar-refractivity contribution in [3.05, 3.63) is 48.0 Å². The third kappa shape index (κ3) is 2.81. The van der Waals surface area contributed by atoms with Crippen molar-refractivity contribution >= 4 is 16.7 Å². The van der Waals surface area contributed by atoms with Crippen LogP contribution < -0.4 is 27.6 Å². The third-order valence-corrected chi connectivity index (χ3v) is 3.17. The van der Waals surface area contributed by atoms with Crippen molar-refractivity contribution in [1.29, 1.82) is 0 Å². The highest BCUT2D eigenvalue weighted by atomic mass is 79.9. The van der Waals surface area contributed by atoms with Crippen LogP contribution in [0.15, 0.2) is 42.5 Å². The predicted molar refractivity (Wildman–Crippen MR) is 70.7 cm³/mol. The average Bonchev–Trinajstić information content (AvgIpc) is 2.93. The minimum Gasteiger partial charge on any atom is -1.00 e. The van der Waals surface area contributed by atoms with Crippen LogP contribution in [-0.2, 0) is 6.54 Å². The maximum absolute atomic E-state index is 10.0. The first-order valence-electron chi connectivity index (χ1n) is 6.12. The number of guanidine groups is 1. The van der Waals surface area contributed by atoms with E-state index in [2.05, 4.69) is 28.8 Å². The SMILES string of the molecule is O[N+](Cc1cccc2ccccc12)=C1NCCN1.[Br-]. The molecule has 0 radical (unpaired) electrons. The van der Waals surface area contributed by atoms with Crippen molar-refractivity contribution in [2.45, 2.75) is 6.54 Å². The molecule has 3 N–H and O–H groups in total. The van der Waals surface area contributed by atoms with Gasteiger partial charge in [0.1, 0.15) is 6.54 Å². The standard InChI is InChI=1S/C14H15N3O.BrH/c18-17(14-15-8-9-16-14)10-12-6-3-5-11-4-1-2-7-13(11)12;/h1-7,18H,8-10H2,(H,15,16);1H. The fourth-order valence-corrected chi connectivity index (χ4v) is 2.28. The summed E-state index contributed by atoms with van der Waals surface area (Å²) in [6.45, 7) is 2.17. The quantitative estimate of drug-likeness (QED) is 0.351. The topological polar surface area (TPSA) is 47.3 Å². The van der Waals surface area contributed by atoms with Gasteiger partial charge in [0.25, 0.3) is 0 Å². The van der Waals surface area contributed by atoms with E-state index in [0.717, 1.165) is 18.7 Å². The van der Waals surface area contributed by atoms with Crippen molar-refractivity contribution in [1.82, 2.24) is 10.6 Å². The predicted octanol–water partition coefficient (Wildman–Crippen LogP) is -1.71. The van der Waals surface area contributed by atoms with Crippen molar-refractivity contribution in [3.8, 4) is 0 Å². The zero-order chi connectivity index (χ0) is 12.4. The molecular weight excluding hydrogens is 306 g/mol. The normalized spacial score (nSPS) is 13.6. The van der Waals surface area contributed by atoms with Crippen molar-refractivity contribution < 1.29 is 26.9 Å². The first kappa shape index (κ1) is 13.7. The van der Waals surface area contributed by atoms with Gasteiger partial charge in [0.2, 0.25) is 0 Å². The molecule has 4 nitrogen and oxygen atoms in total. The molecule has 0 bridgehead atoms. The number of nitrogens with one attached hydrogen (secondary N) is 2. The number of hydrogen-bond donors (Lipinski definition) is 3. The van der Waals surface area contributed by atoms with Gasteiger partial charge in [-0.25, -0.2) is 0 Å². The lowest BCUT2D eigenvalue weighted by Crippen LogP contribution is -3.00. The molecule has 2 aromatic carbocycles. The Morgan fingerprint density at radius 1 is 1.00 bits per heavy atom. The number of hydroxylamine groups is 1. The van der Waals surface area contributed by atoms with Crippen LogP contribution in [0.2, 0.25) is 0 Å². The van der Waals surface area contributed by atoms with E-state index in [-0.39, 0.29) is 17.0 Å². The molecule has 100 valence electrons. The van der Waals surface area contributed by atoms with Gasteiger partial charge in [-0.2, -0.15) is 0 Å². The van der Waals surface area contributed by atoms with E-state index in [1.807, 2.05) is 24.3 Å². The van der Waals surface area contributed by atoms with Crippen molar-refractivity contribution in [2.75, 3.05) is 13.1 Å². The van der Waals surface area contributed by atoms with E-state index >= 15 is 0 Å². The molecule has 0 aromatic heterocycles. The second-order valence-corrected chi connectivity index (χ2v) is 4.40. The first-order chi connectivity index (χ1) is 8.84. The lowest BCUT2D eigenvalue weighted by molar-refractivity contribution is -0.788. The molecule has 0 saturated carbocycles. The number of halogens is 1. The molecule has 0 amide bonds. The molecule has 1 fully saturated rings. The van der Waals surface area contributed by atoms with Gasteiger partial charge in [-0.3, -0.25) is 10.6 Å². The van der Waals surface area contributed by atoms with Crippen LogP contribution in [0, 0.1) is 0 Å². The Hall–Kier alpha value is -1.75. The minimum absolute atomic E-state index is 0. The molecule has 0 aliphatic carbocycles. The molecule has 0 atom stereocenters. The van der Waals surface area contributed by atoms with Gasteiger partial charge in [-0.1, -0.05) is 47.2 Å². The molecule has 19 heavy (non-hydrogen) atoms. The van der Waals surface area contributed by atoms with Crippen LogP contribution in [0.3, 0.4) is 0 Å². The van der Waals surface area contributed by atoms with E-state index in [1.165, 1.54) is 15.5 Å². The number of hydrogen-bond acceptors (Lipinski definition) is 1. The molecule has 1 aliphatic rings. The second-order valence-electron chi connectivity index (χ2n) is 4.40. The van der Waals surface area contributed by atoms with Crippen molar-refractivity contribution in [2.24, 2.45) is 0 Å². The molecule has 1 heterocycles. The third-order valence-electron chi connectivity index (χ3n) is 3.17. The van der Waals surface area contributed by atoms with E-state index < -0.39 is 0 Å². The fraction of sp³-hybridized carbons (Fsp3) is 0.214. The van der Waals surface area contributed by atoms with Crippen LogP contribution in [-0.4, -0.2) is 29.0 Å². The lowest BCUT2D eigenvalue weighted by Gasteiger charge is -2.06. The highest BCUT2D eigenvalue weighted by Crippen LogP contribution is 2.18. The van der Waals surface area contributed by atoms with Gasteiger partial charge in [-0.05, 0) is 16.3 Å². The smallest absolute Gasteiger partial charge is 0.382 e. The summed E-state index contributed by atoms with van der Waals surface area (Å²) in [7, 11) is 0. The summed E-state index contributed by atoms with van der Waals surface area (Å²) in [5, 5.41) is 18.6. The Morgan fingerprint density at radius 2 is 1.68 bits per heavy atom. The van der Waals surface area contributed by atoms with Crippen LogP contribution in [0.4, 0.5) is 0 Å².